The molecule has 0 spiro atoms. The predicted octanol–water partition coefficient (Wildman–Crippen LogP) is 2.13. The molecule has 2 aromatic rings. The molecule has 1 saturated heterocycles. The molecule has 2 heterocycles. The van der Waals surface area contributed by atoms with Crippen molar-refractivity contribution < 1.29 is 0 Å². The fourth-order valence-corrected chi connectivity index (χ4v) is 2.53. The molecule has 0 amide bonds. The second kappa shape index (κ2) is 5.40. The van der Waals surface area contributed by atoms with Crippen LogP contribution in [-0.2, 0) is 0 Å². The number of anilines is 1. The van der Waals surface area contributed by atoms with Gasteiger partial charge in [-0.2, -0.15) is 5.10 Å². The van der Waals surface area contributed by atoms with Crippen LogP contribution in [0.2, 0.25) is 0 Å². The molecule has 1 aliphatic rings. The van der Waals surface area contributed by atoms with E-state index in [4.69, 9.17) is 0 Å². The molecule has 0 unspecified atom stereocenters. The molecule has 1 aromatic heterocycles. The summed E-state index contributed by atoms with van der Waals surface area (Å²) in [6.45, 7) is 2.05. The first-order chi connectivity index (χ1) is 9.34. The maximum atomic E-state index is 11.7. The monoisotopic (exact) mass is 258 g/mol. The molecule has 1 fully saturated rings. The summed E-state index contributed by atoms with van der Waals surface area (Å²) >= 11 is 0. The van der Waals surface area contributed by atoms with Crippen molar-refractivity contribution >= 4 is 16.6 Å². The third kappa shape index (κ3) is 2.61. The zero-order valence-corrected chi connectivity index (χ0v) is 10.9. The number of nitrogens with one attached hydrogen (secondary N) is 2. The standard InChI is InChI=1S/C14H18N4O/c19-14-12-8-4-3-7-11(12)13(15-16-14)17-18-9-5-1-2-6-10-18/h3-4,7-8H,1-2,5-6,9-10H2,(H,15,17)(H,16,19). The molecule has 1 aliphatic heterocycles. The quantitative estimate of drug-likeness (QED) is 0.866. The van der Waals surface area contributed by atoms with E-state index in [0.717, 1.165) is 24.3 Å². The highest BCUT2D eigenvalue weighted by molar-refractivity contribution is 5.90. The Labute approximate surface area is 111 Å². The molecule has 2 N–H and O–H groups in total. The number of nitrogens with zero attached hydrogens (tertiary/aromatic N) is 2. The Morgan fingerprint density at radius 2 is 1.74 bits per heavy atom. The van der Waals surface area contributed by atoms with Crippen LogP contribution < -0.4 is 11.0 Å². The second-order valence-electron chi connectivity index (χ2n) is 4.96. The van der Waals surface area contributed by atoms with Crippen LogP contribution in [0.15, 0.2) is 29.1 Å². The second-order valence-corrected chi connectivity index (χ2v) is 4.96. The summed E-state index contributed by atoms with van der Waals surface area (Å²) < 4.78 is 0. The first-order valence-corrected chi connectivity index (χ1v) is 6.83. The molecular weight excluding hydrogens is 240 g/mol. The van der Waals surface area contributed by atoms with Gasteiger partial charge in [0.1, 0.15) is 0 Å². The van der Waals surface area contributed by atoms with Gasteiger partial charge in [-0.1, -0.05) is 31.0 Å². The van der Waals surface area contributed by atoms with E-state index < -0.39 is 0 Å². The lowest BCUT2D eigenvalue weighted by molar-refractivity contribution is 0.342. The highest BCUT2D eigenvalue weighted by Crippen LogP contribution is 2.18. The van der Waals surface area contributed by atoms with E-state index in [1.54, 1.807) is 0 Å². The Bertz CT molecular complexity index is 614. The van der Waals surface area contributed by atoms with E-state index in [2.05, 4.69) is 20.6 Å². The van der Waals surface area contributed by atoms with Crippen molar-refractivity contribution in [1.29, 1.82) is 0 Å². The number of fused-ring (bicyclic) bond motifs is 1. The fourth-order valence-electron chi connectivity index (χ4n) is 2.53. The maximum Gasteiger partial charge on any atom is 0.272 e. The third-order valence-electron chi connectivity index (χ3n) is 3.57. The van der Waals surface area contributed by atoms with E-state index in [1.165, 1.54) is 25.7 Å². The van der Waals surface area contributed by atoms with Crippen LogP contribution in [0.3, 0.4) is 0 Å². The average molecular weight is 258 g/mol. The van der Waals surface area contributed by atoms with E-state index in [0.29, 0.717) is 5.39 Å². The maximum absolute atomic E-state index is 11.7. The third-order valence-corrected chi connectivity index (χ3v) is 3.57. The number of hydrazine groups is 1. The summed E-state index contributed by atoms with van der Waals surface area (Å²) in [6.07, 6.45) is 4.98. The zero-order chi connectivity index (χ0) is 13.1. The van der Waals surface area contributed by atoms with Crippen LogP contribution in [0, 0.1) is 0 Å². The highest BCUT2D eigenvalue weighted by atomic mass is 16.1. The normalized spacial score (nSPS) is 17.3. The van der Waals surface area contributed by atoms with Crippen molar-refractivity contribution in [2.45, 2.75) is 25.7 Å². The van der Waals surface area contributed by atoms with Gasteiger partial charge in [0.15, 0.2) is 5.82 Å². The lowest BCUT2D eigenvalue weighted by Crippen LogP contribution is -2.31. The smallest absolute Gasteiger partial charge is 0.272 e. The fraction of sp³-hybridized carbons (Fsp3) is 0.429. The van der Waals surface area contributed by atoms with Gasteiger partial charge in [0, 0.05) is 18.5 Å². The van der Waals surface area contributed by atoms with Crippen LogP contribution >= 0.6 is 0 Å². The van der Waals surface area contributed by atoms with Gasteiger partial charge in [0.25, 0.3) is 5.56 Å². The number of H-pyrrole nitrogens is 1. The molecule has 19 heavy (non-hydrogen) atoms. The van der Waals surface area contributed by atoms with Crippen LogP contribution in [0.1, 0.15) is 25.7 Å². The Balaban J connectivity index is 1.92. The largest absolute Gasteiger partial charge is 0.301 e. The Hall–Kier alpha value is -1.88. The molecule has 100 valence electrons. The van der Waals surface area contributed by atoms with Gasteiger partial charge in [-0.25, -0.2) is 10.1 Å². The van der Waals surface area contributed by atoms with Gasteiger partial charge in [0.2, 0.25) is 0 Å². The lowest BCUT2D eigenvalue weighted by Gasteiger charge is -2.21. The van der Waals surface area contributed by atoms with E-state index in [-0.39, 0.29) is 5.56 Å². The van der Waals surface area contributed by atoms with Gasteiger partial charge in [0.05, 0.1) is 5.39 Å². The minimum absolute atomic E-state index is 0.142. The lowest BCUT2D eigenvalue weighted by atomic mass is 10.2. The molecule has 0 saturated carbocycles. The molecular formula is C14H18N4O. The van der Waals surface area contributed by atoms with Gasteiger partial charge in [-0.15, -0.1) is 0 Å². The Kier molecular flexibility index (Phi) is 3.46. The zero-order valence-electron chi connectivity index (χ0n) is 10.9. The summed E-state index contributed by atoms with van der Waals surface area (Å²) in [5.41, 5.74) is 3.20. The SMILES string of the molecule is O=c1[nH]nc(NN2CCCCCC2)c2ccccc12. The van der Waals surface area contributed by atoms with Crippen molar-refractivity contribution in [2.24, 2.45) is 0 Å². The number of hydrogen-bond acceptors (Lipinski definition) is 4. The Morgan fingerprint density at radius 1 is 1.05 bits per heavy atom. The average Bonchev–Trinajstić information content (AvgIpc) is 2.71. The van der Waals surface area contributed by atoms with Gasteiger partial charge in [-0.05, 0) is 18.9 Å². The van der Waals surface area contributed by atoms with Gasteiger partial charge >= 0.3 is 0 Å². The minimum atomic E-state index is -0.142. The van der Waals surface area contributed by atoms with Crippen molar-refractivity contribution in [3.8, 4) is 0 Å². The molecule has 0 radical (unpaired) electrons. The molecule has 0 atom stereocenters. The number of aromatic nitrogens is 2. The van der Waals surface area contributed by atoms with Crippen LogP contribution in [0.4, 0.5) is 5.82 Å². The van der Waals surface area contributed by atoms with Gasteiger partial charge < -0.3 is 5.43 Å². The van der Waals surface area contributed by atoms with E-state index >= 15 is 0 Å². The number of hydrogen-bond donors (Lipinski definition) is 2. The molecule has 5 nitrogen and oxygen atoms in total. The van der Waals surface area contributed by atoms with Crippen molar-refractivity contribution in [3.05, 3.63) is 34.6 Å². The molecule has 0 bridgehead atoms. The molecule has 3 rings (SSSR count). The van der Waals surface area contributed by atoms with Crippen LogP contribution in [0.25, 0.3) is 10.8 Å². The first-order valence-electron chi connectivity index (χ1n) is 6.83. The van der Waals surface area contributed by atoms with E-state index in [9.17, 15) is 4.79 Å². The summed E-state index contributed by atoms with van der Waals surface area (Å²) in [5, 5.41) is 10.4. The van der Waals surface area contributed by atoms with Crippen molar-refractivity contribution in [2.75, 3.05) is 18.5 Å². The van der Waals surface area contributed by atoms with Crippen molar-refractivity contribution in [1.82, 2.24) is 15.2 Å². The summed E-state index contributed by atoms with van der Waals surface area (Å²) in [6, 6.07) is 7.55. The molecule has 1 aromatic carbocycles. The minimum Gasteiger partial charge on any atom is -0.301 e. The van der Waals surface area contributed by atoms with Crippen molar-refractivity contribution in [3.63, 3.8) is 0 Å². The van der Waals surface area contributed by atoms with Gasteiger partial charge in [-0.3, -0.25) is 4.79 Å². The number of aromatic amines is 1. The number of benzene rings is 1. The Morgan fingerprint density at radius 3 is 2.47 bits per heavy atom. The first kappa shape index (κ1) is 12.2. The molecule has 0 aliphatic carbocycles. The summed E-state index contributed by atoms with van der Waals surface area (Å²) in [5.74, 6) is 0.733. The van der Waals surface area contributed by atoms with Crippen LogP contribution in [-0.4, -0.2) is 28.3 Å². The summed E-state index contributed by atoms with van der Waals surface area (Å²) in [7, 11) is 0. The predicted molar refractivity (Wildman–Crippen MR) is 76.0 cm³/mol. The highest BCUT2D eigenvalue weighted by Gasteiger charge is 2.12. The molecule has 5 heteroatoms. The van der Waals surface area contributed by atoms with E-state index in [1.807, 2.05) is 24.3 Å². The number of rotatable bonds is 2. The topological polar surface area (TPSA) is 61.0 Å². The summed E-state index contributed by atoms with van der Waals surface area (Å²) in [4.78, 5) is 11.7. The van der Waals surface area contributed by atoms with Crippen LogP contribution in [0.5, 0.6) is 0 Å².